The third kappa shape index (κ3) is 2.55. The van der Waals surface area contributed by atoms with E-state index in [2.05, 4.69) is 0 Å². The smallest absolute Gasteiger partial charge is 0.341 e. The lowest BCUT2D eigenvalue weighted by Crippen LogP contribution is -2.09. The Bertz CT molecular complexity index is 384. The molecule has 0 fully saturated rings. The van der Waals surface area contributed by atoms with Crippen LogP contribution >= 0.6 is 0 Å². The third-order valence-corrected chi connectivity index (χ3v) is 2.45. The van der Waals surface area contributed by atoms with Crippen molar-refractivity contribution >= 4 is 5.97 Å². The van der Waals surface area contributed by atoms with E-state index in [0.29, 0.717) is 18.5 Å². The monoisotopic (exact) mass is 229 g/mol. The number of carbonyl (C=O) groups is 1. The normalized spacial score (nSPS) is 12.5. The maximum Gasteiger partial charge on any atom is 0.341 e. The fourth-order valence-corrected chi connectivity index (χ4v) is 1.50. The van der Waals surface area contributed by atoms with E-state index in [4.69, 9.17) is 10.8 Å². The van der Waals surface area contributed by atoms with Crippen LogP contribution in [0, 0.1) is 11.6 Å². The second-order valence-corrected chi connectivity index (χ2v) is 3.64. The maximum atomic E-state index is 13.3. The molecule has 1 unspecified atom stereocenters. The van der Waals surface area contributed by atoms with Gasteiger partial charge in [-0.25, -0.2) is 13.6 Å². The molecule has 1 atom stereocenters. The highest BCUT2D eigenvalue weighted by atomic mass is 19.1. The molecule has 0 saturated carbocycles. The van der Waals surface area contributed by atoms with Gasteiger partial charge in [-0.2, -0.15) is 0 Å². The Balaban J connectivity index is 3.14. The van der Waals surface area contributed by atoms with Crippen molar-refractivity contribution in [1.29, 1.82) is 0 Å². The Morgan fingerprint density at radius 1 is 1.44 bits per heavy atom. The number of carboxylic acid groups (broad SMARTS) is 1. The number of benzene rings is 1. The van der Waals surface area contributed by atoms with Crippen molar-refractivity contribution in [2.75, 3.05) is 6.54 Å². The summed E-state index contributed by atoms with van der Waals surface area (Å²) in [5.41, 5.74) is 4.85. The lowest BCUT2D eigenvalue weighted by atomic mass is 9.96. The fraction of sp³-hybridized carbons (Fsp3) is 0.364. The van der Waals surface area contributed by atoms with Crippen molar-refractivity contribution in [3.63, 3.8) is 0 Å². The number of aromatic carboxylic acids is 1. The lowest BCUT2D eigenvalue weighted by molar-refractivity contribution is 0.0686. The van der Waals surface area contributed by atoms with Gasteiger partial charge in [0.05, 0.1) is 0 Å². The summed E-state index contributed by atoms with van der Waals surface area (Å²) in [6, 6.07) is 2.10. The standard InChI is InChI=1S/C11H13F2NO2/c1-6(2-3-14)7-4-8(12)10(11(15)16)9(13)5-7/h4-6H,2-3,14H2,1H3,(H,15,16). The molecule has 3 nitrogen and oxygen atoms in total. The van der Waals surface area contributed by atoms with Gasteiger partial charge in [0.15, 0.2) is 0 Å². The first-order chi connectivity index (χ1) is 7.47. The van der Waals surface area contributed by atoms with Gasteiger partial charge in [-0.15, -0.1) is 0 Å². The molecule has 0 aromatic heterocycles. The number of carboxylic acids is 1. The molecule has 1 aromatic carbocycles. The van der Waals surface area contributed by atoms with Crippen molar-refractivity contribution in [1.82, 2.24) is 0 Å². The van der Waals surface area contributed by atoms with Crippen molar-refractivity contribution in [3.05, 3.63) is 34.9 Å². The van der Waals surface area contributed by atoms with Gasteiger partial charge >= 0.3 is 5.97 Å². The van der Waals surface area contributed by atoms with Crippen molar-refractivity contribution in [2.24, 2.45) is 5.73 Å². The lowest BCUT2D eigenvalue weighted by Gasteiger charge is -2.11. The van der Waals surface area contributed by atoms with Crippen LogP contribution in [0.15, 0.2) is 12.1 Å². The maximum absolute atomic E-state index is 13.3. The van der Waals surface area contributed by atoms with Crippen LogP contribution in [0.25, 0.3) is 0 Å². The summed E-state index contributed by atoms with van der Waals surface area (Å²) in [5, 5.41) is 8.58. The van der Waals surface area contributed by atoms with Gasteiger partial charge in [0.2, 0.25) is 0 Å². The fourth-order valence-electron chi connectivity index (χ4n) is 1.50. The van der Waals surface area contributed by atoms with Gasteiger partial charge in [0.1, 0.15) is 17.2 Å². The summed E-state index contributed by atoms with van der Waals surface area (Å²) in [6.45, 7) is 2.19. The predicted molar refractivity (Wildman–Crippen MR) is 55.4 cm³/mol. The van der Waals surface area contributed by atoms with E-state index in [9.17, 15) is 13.6 Å². The van der Waals surface area contributed by atoms with Crippen LogP contribution in [0.3, 0.4) is 0 Å². The van der Waals surface area contributed by atoms with E-state index in [1.165, 1.54) is 0 Å². The second-order valence-electron chi connectivity index (χ2n) is 3.64. The van der Waals surface area contributed by atoms with Gasteiger partial charge < -0.3 is 10.8 Å². The van der Waals surface area contributed by atoms with E-state index >= 15 is 0 Å². The van der Waals surface area contributed by atoms with Crippen LogP contribution in [0.4, 0.5) is 8.78 Å². The molecule has 0 radical (unpaired) electrons. The zero-order valence-corrected chi connectivity index (χ0v) is 8.84. The molecule has 0 aliphatic carbocycles. The van der Waals surface area contributed by atoms with Crippen LogP contribution in [0.1, 0.15) is 35.2 Å². The van der Waals surface area contributed by atoms with Gasteiger partial charge in [0, 0.05) is 0 Å². The summed E-state index contributed by atoms with van der Waals surface area (Å²) < 4.78 is 26.6. The third-order valence-electron chi connectivity index (χ3n) is 2.45. The van der Waals surface area contributed by atoms with Crippen molar-refractivity contribution in [2.45, 2.75) is 19.3 Å². The minimum atomic E-state index is -1.60. The number of halogens is 2. The topological polar surface area (TPSA) is 63.3 Å². The molecule has 0 amide bonds. The van der Waals surface area contributed by atoms with Crippen molar-refractivity contribution < 1.29 is 18.7 Å². The predicted octanol–water partition coefficient (Wildman–Crippen LogP) is 2.12. The highest BCUT2D eigenvalue weighted by Crippen LogP contribution is 2.23. The minimum absolute atomic E-state index is 0.100. The molecule has 0 heterocycles. The zero-order valence-electron chi connectivity index (χ0n) is 8.84. The Kier molecular flexibility index (Phi) is 3.95. The molecular formula is C11H13F2NO2. The van der Waals surface area contributed by atoms with Crippen LogP contribution in [-0.4, -0.2) is 17.6 Å². The van der Waals surface area contributed by atoms with Crippen molar-refractivity contribution in [3.8, 4) is 0 Å². The molecule has 0 bridgehead atoms. The van der Waals surface area contributed by atoms with E-state index in [-0.39, 0.29) is 5.92 Å². The Hall–Kier alpha value is -1.49. The highest BCUT2D eigenvalue weighted by molar-refractivity contribution is 5.88. The molecule has 16 heavy (non-hydrogen) atoms. The first-order valence-corrected chi connectivity index (χ1v) is 4.89. The van der Waals surface area contributed by atoms with E-state index in [1.54, 1.807) is 6.92 Å². The second kappa shape index (κ2) is 5.03. The number of hydrogen-bond acceptors (Lipinski definition) is 2. The van der Waals surface area contributed by atoms with Crippen LogP contribution in [0.5, 0.6) is 0 Å². The molecule has 0 aliphatic rings. The summed E-state index contributed by atoms with van der Waals surface area (Å²) in [6.07, 6.45) is 0.589. The Labute approximate surface area is 91.9 Å². The molecular weight excluding hydrogens is 216 g/mol. The highest BCUT2D eigenvalue weighted by Gasteiger charge is 2.19. The molecule has 5 heteroatoms. The zero-order chi connectivity index (χ0) is 12.3. The molecule has 3 N–H and O–H groups in total. The summed E-state index contributed by atoms with van der Waals surface area (Å²) >= 11 is 0. The quantitative estimate of drug-likeness (QED) is 0.831. The molecule has 0 aliphatic heterocycles. The Morgan fingerprint density at radius 3 is 2.31 bits per heavy atom. The van der Waals surface area contributed by atoms with E-state index in [0.717, 1.165) is 12.1 Å². The average molecular weight is 229 g/mol. The molecule has 0 spiro atoms. The van der Waals surface area contributed by atoms with Crippen LogP contribution < -0.4 is 5.73 Å². The SMILES string of the molecule is CC(CCN)c1cc(F)c(C(=O)O)c(F)c1. The van der Waals surface area contributed by atoms with Gasteiger partial charge in [-0.3, -0.25) is 0 Å². The van der Waals surface area contributed by atoms with Gasteiger partial charge in [-0.1, -0.05) is 6.92 Å². The van der Waals surface area contributed by atoms with E-state index in [1.807, 2.05) is 0 Å². The largest absolute Gasteiger partial charge is 0.477 e. The minimum Gasteiger partial charge on any atom is -0.477 e. The van der Waals surface area contributed by atoms with Crippen LogP contribution in [0.2, 0.25) is 0 Å². The molecule has 1 aromatic rings. The summed E-state index contributed by atoms with van der Waals surface area (Å²) in [5.74, 6) is -3.80. The molecule has 88 valence electrons. The first-order valence-electron chi connectivity index (χ1n) is 4.89. The molecule has 1 rings (SSSR count). The molecule has 0 saturated heterocycles. The van der Waals surface area contributed by atoms with Gasteiger partial charge in [-0.05, 0) is 36.6 Å². The van der Waals surface area contributed by atoms with Crippen LogP contribution in [-0.2, 0) is 0 Å². The van der Waals surface area contributed by atoms with Gasteiger partial charge in [0.25, 0.3) is 0 Å². The average Bonchev–Trinajstić information content (AvgIpc) is 2.16. The summed E-state index contributed by atoms with van der Waals surface area (Å²) in [7, 11) is 0. The first kappa shape index (κ1) is 12.6. The summed E-state index contributed by atoms with van der Waals surface area (Å²) in [4.78, 5) is 10.5. The Morgan fingerprint density at radius 2 is 1.94 bits per heavy atom. The number of hydrogen-bond donors (Lipinski definition) is 2. The number of rotatable bonds is 4. The van der Waals surface area contributed by atoms with E-state index < -0.39 is 23.2 Å². The number of nitrogens with two attached hydrogens (primary N) is 1.